The molecular formula is C36H37F4NO4. The highest BCUT2D eigenvalue weighted by molar-refractivity contribution is 5.90. The zero-order valence-corrected chi connectivity index (χ0v) is 26.3. The number of aryl methyl sites for hydroxylation is 2. The molecule has 5 rings (SSSR count). The maximum atomic E-state index is 15.6. The van der Waals surface area contributed by atoms with Gasteiger partial charge in [-0.3, -0.25) is 4.90 Å². The van der Waals surface area contributed by atoms with Crippen LogP contribution >= 0.6 is 0 Å². The molecule has 0 unspecified atom stereocenters. The van der Waals surface area contributed by atoms with Gasteiger partial charge in [0, 0.05) is 12.1 Å². The van der Waals surface area contributed by atoms with E-state index in [2.05, 4.69) is 13.8 Å². The van der Waals surface area contributed by atoms with Gasteiger partial charge in [0.1, 0.15) is 11.9 Å². The molecule has 3 aromatic rings. The highest BCUT2D eigenvalue weighted by Gasteiger charge is 2.42. The molecule has 3 aromatic carbocycles. The predicted octanol–water partition coefficient (Wildman–Crippen LogP) is 9.46. The Labute approximate surface area is 260 Å². The predicted molar refractivity (Wildman–Crippen MR) is 164 cm³/mol. The third kappa shape index (κ3) is 6.63. The summed E-state index contributed by atoms with van der Waals surface area (Å²) in [4.78, 5) is 26.7. The highest BCUT2D eigenvalue weighted by Crippen LogP contribution is 2.45. The number of carbonyl (C=O) groups excluding carboxylic acids is 2. The van der Waals surface area contributed by atoms with Gasteiger partial charge in [-0.25, -0.2) is 14.0 Å². The Morgan fingerprint density at radius 2 is 1.78 bits per heavy atom. The summed E-state index contributed by atoms with van der Waals surface area (Å²) in [6, 6.07) is 13.3. The monoisotopic (exact) mass is 623 g/mol. The Morgan fingerprint density at radius 1 is 1.04 bits per heavy atom. The van der Waals surface area contributed by atoms with Gasteiger partial charge in [0.2, 0.25) is 0 Å². The number of benzene rings is 3. The molecule has 0 saturated carbocycles. The summed E-state index contributed by atoms with van der Waals surface area (Å²) >= 11 is 0. The Kier molecular flexibility index (Phi) is 8.59. The van der Waals surface area contributed by atoms with Crippen LogP contribution in [0.4, 0.5) is 22.4 Å². The molecule has 9 heteroatoms. The van der Waals surface area contributed by atoms with Gasteiger partial charge in [-0.05, 0) is 115 Å². The van der Waals surface area contributed by atoms with E-state index in [-0.39, 0.29) is 23.3 Å². The van der Waals surface area contributed by atoms with Crippen molar-refractivity contribution in [2.45, 2.75) is 72.2 Å². The third-order valence-corrected chi connectivity index (χ3v) is 8.93. The first-order valence-electron chi connectivity index (χ1n) is 14.9. The number of amides is 1. The third-order valence-electron chi connectivity index (χ3n) is 8.93. The summed E-state index contributed by atoms with van der Waals surface area (Å²) in [6.45, 7) is 9.65. The lowest BCUT2D eigenvalue weighted by molar-refractivity contribution is -0.137. The van der Waals surface area contributed by atoms with Crippen molar-refractivity contribution in [3.63, 3.8) is 0 Å². The van der Waals surface area contributed by atoms with Crippen LogP contribution in [0.1, 0.15) is 84.3 Å². The van der Waals surface area contributed by atoms with Crippen molar-refractivity contribution in [3.05, 3.63) is 99.4 Å². The normalized spacial score (nSPS) is 20.0. The molecule has 1 aliphatic carbocycles. The van der Waals surface area contributed by atoms with Crippen LogP contribution in [0.15, 0.2) is 60.2 Å². The summed E-state index contributed by atoms with van der Waals surface area (Å²) in [7, 11) is 1.32. The molecule has 0 N–H and O–H groups in total. The Morgan fingerprint density at radius 3 is 2.44 bits per heavy atom. The molecule has 0 spiro atoms. The first kappa shape index (κ1) is 32.3. The summed E-state index contributed by atoms with van der Waals surface area (Å²) in [5.74, 6) is -0.826. The summed E-state index contributed by atoms with van der Waals surface area (Å²) in [5, 5.41) is 0. The van der Waals surface area contributed by atoms with E-state index in [1.54, 1.807) is 38.1 Å². The minimum Gasteiger partial charge on any atom is -0.465 e. The topological polar surface area (TPSA) is 55.8 Å². The minimum absolute atomic E-state index is 0.0996. The molecule has 1 saturated heterocycles. The van der Waals surface area contributed by atoms with Crippen molar-refractivity contribution < 1.29 is 36.6 Å². The number of rotatable bonds is 6. The van der Waals surface area contributed by atoms with Gasteiger partial charge in [0.15, 0.2) is 0 Å². The molecule has 45 heavy (non-hydrogen) atoms. The molecule has 0 bridgehead atoms. The van der Waals surface area contributed by atoms with Crippen LogP contribution in [-0.2, 0) is 15.7 Å². The molecule has 0 radical (unpaired) electrons. The fourth-order valence-electron chi connectivity index (χ4n) is 6.55. The number of cyclic esters (lactones) is 1. The van der Waals surface area contributed by atoms with Gasteiger partial charge >= 0.3 is 18.2 Å². The van der Waals surface area contributed by atoms with Crippen LogP contribution < -0.4 is 0 Å². The lowest BCUT2D eigenvalue weighted by Crippen LogP contribution is -2.35. The van der Waals surface area contributed by atoms with E-state index >= 15 is 4.39 Å². The maximum absolute atomic E-state index is 15.6. The zero-order valence-electron chi connectivity index (χ0n) is 26.3. The lowest BCUT2D eigenvalue weighted by atomic mass is 9.72. The van der Waals surface area contributed by atoms with Gasteiger partial charge in [-0.1, -0.05) is 37.6 Å². The number of alkyl halides is 3. The number of ether oxygens (including phenoxy) is 2. The molecule has 2 aliphatic rings. The van der Waals surface area contributed by atoms with Crippen LogP contribution in [0.3, 0.4) is 0 Å². The van der Waals surface area contributed by atoms with E-state index in [1.165, 1.54) is 18.1 Å². The van der Waals surface area contributed by atoms with E-state index in [0.717, 1.165) is 46.4 Å². The Balaban J connectivity index is 1.51. The second-order valence-electron chi connectivity index (χ2n) is 12.9. The van der Waals surface area contributed by atoms with Crippen LogP contribution in [0.5, 0.6) is 0 Å². The van der Waals surface area contributed by atoms with E-state index in [4.69, 9.17) is 9.47 Å². The van der Waals surface area contributed by atoms with Crippen molar-refractivity contribution in [2.75, 3.05) is 13.7 Å². The second kappa shape index (κ2) is 12.0. The summed E-state index contributed by atoms with van der Waals surface area (Å²) in [6.07, 6.45) is -4.00. The fraction of sp³-hybridized carbons (Fsp3) is 0.389. The van der Waals surface area contributed by atoms with Crippen molar-refractivity contribution >= 4 is 17.6 Å². The largest absolute Gasteiger partial charge is 0.465 e. The van der Waals surface area contributed by atoms with Crippen molar-refractivity contribution in [1.29, 1.82) is 0 Å². The number of esters is 1. The minimum atomic E-state index is -4.53. The van der Waals surface area contributed by atoms with E-state index in [1.807, 2.05) is 19.1 Å². The van der Waals surface area contributed by atoms with Gasteiger partial charge in [0.05, 0.1) is 24.3 Å². The number of halogens is 4. The van der Waals surface area contributed by atoms with Crippen molar-refractivity contribution in [2.24, 2.45) is 5.41 Å². The van der Waals surface area contributed by atoms with Crippen LogP contribution in [0.25, 0.3) is 16.7 Å². The Bertz CT molecular complexity index is 1690. The molecule has 1 aliphatic heterocycles. The lowest BCUT2D eigenvalue weighted by Gasteiger charge is -2.35. The fourth-order valence-corrected chi connectivity index (χ4v) is 6.55. The number of allylic oxidation sites excluding steroid dienone is 1. The van der Waals surface area contributed by atoms with Crippen LogP contribution in [0.2, 0.25) is 0 Å². The SMILES string of the molecule is COC(=O)c1ccc(-c2ccc(F)c(C3=C(CN4C(=O)O[C@H](c5cc(C)cc(C(F)(F)F)c5)[C@@H]4C)CC(C)(C)CC3)c2)c(C)c1. The van der Waals surface area contributed by atoms with E-state index in [9.17, 15) is 22.8 Å². The molecule has 1 amide bonds. The standard InChI is InChI=1S/C36H37F4NO4/c1-20-13-25(16-27(14-20)36(38,39)40)32-22(3)41(34(43)45-32)19-26-18-35(4,5)12-11-29(26)30-17-23(8-10-31(30)37)28-9-7-24(15-21(28)2)33(42)44-6/h7-10,13-17,22,32H,11-12,18-19H2,1-6H3/t22-,32-/m0/s1. The molecule has 1 heterocycles. The second-order valence-corrected chi connectivity index (χ2v) is 12.9. The number of nitrogens with zero attached hydrogens (tertiary/aromatic N) is 1. The molecule has 1 fully saturated rings. The zero-order chi connectivity index (χ0) is 32.8. The molecule has 0 aromatic heterocycles. The summed E-state index contributed by atoms with van der Waals surface area (Å²) in [5.41, 5.74) is 4.86. The number of carbonyl (C=O) groups is 2. The number of methoxy groups -OCH3 is 1. The molecular weight excluding hydrogens is 586 g/mol. The first-order valence-corrected chi connectivity index (χ1v) is 14.9. The molecule has 5 nitrogen and oxygen atoms in total. The van der Waals surface area contributed by atoms with Crippen molar-refractivity contribution in [1.82, 2.24) is 4.90 Å². The smallest absolute Gasteiger partial charge is 0.416 e. The Hall–Kier alpha value is -4.14. The van der Waals surface area contributed by atoms with Gasteiger partial charge in [-0.15, -0.1) is 0 Å². The maximum Gasteiger partial charge on any atom is 0.416 e. The van der Waals surface area contributed by atoms with Crippen LogP contribution in [-0.4, -0.2) is 36.7 Å². The first-order chi connectivity index (χ1) is 21.1. The van der Waals surface area contributed by atoms with Gasteiger partial charge in [0.25, 0.3) is 0 Å². The number of hydrogen-bond acceptors (Lipinski definition) is 4. The average Bonchev–Trinajstić information content (AvgIpc) is 3.24. The van der Waals surface area contributed by atoms with Gasteiger partial charge in [-0.2, -0.15) is 13.2 Å². The molecule has 2 atom stereocenters. The van der Waals surface area contributed by atoms with Crippen molar-refractivity contribution in [3.8, 4) is 11.1 Å². The van der Waals surface area contributed by atoms with E-state index in [0.29, 0.717) is 29.5 Å². The van der Waals surface area contributed by atoms with Gasteiger partial charge < -0.3 is 9.47 Å². The number of hydrogen-bond donors (Lipinski definition) is 0. The highest BCUT2D eigenvalue weighted by atomic mass is 19.4. The van der Waals surface area contributed by atoms with E-state index < -0.39 is 35.9 Å². The van der Waals surface area contributed by atoms with Crippen LogP contribution in [0, 0.1) is 25.1 Å². The average molecular weight is 624 g/mol. The summed E-state index contributed by atoms with van der Waals surface area (Å²) < 4.78 is 66.7. The quantitative estimate of drug-likeness (QED) is 0.203. The molecule has 238 valence electrons.